The SMILES string of the molecule is CCN(CC)S(=O)(=O)c1ccc(N2CCN(C(=O)CCc3cccnc3)CC2)c([N+](=O)[O-])c1. The first kappa shape index (κ1) is 24.6. The van der Waals surface area contributed by atoms with E-state index in [9.17, 15) is 23.3 Å². The number of anilines is 1. The van der Waals surface area contributed by atoms with E-state index < -0.39 is 14.9 Å². The lowest BCUT2D eigenvalue weighted by molar-refractivity contribution is -0.384. The normalized spacial score (nSPS) is 14.5. The summed E-state index contributed by atoms with van der Waals surface area (Å²) >= 11 is 0. The maximum atomic E-state index is 12.8. The van der Waals surface area contributed by atoms with Gasteiger partial charge in [-0.15, -0.1) is 0 Å². The van der Waals surface area contributed by atoms with Crippen molar-refractivity contribution in [2.75, 3.05) is 44.2 Å². The first-order valence-corrected chi connectivity index (χ1v) is 12.4. The lowest BCUT2D eigenvalue weighted by Crippen LogP contribution is -2.49. The number of aromatic nitrogens is 1. The van der Waals surface area contributed by atoms with Gasteiger partial charge in [-0.3, -0.25) is 19.9 Å². The molecular formula is C22H29N5O5S. The van der Waals surface area contributed by atoms with Crippen LogP contribution >= 0.6 is 0 Å². The molecule has 0 bridgehead atoms. The van der Waals surface area contributed by atoms with Gasteiger partial charge in [0.15, 0.2) is 0 Å². The third-order valence-corrected chi connectivity index (χ3v) is 7.86. The number of benzene rings is 1. The van der Waals surface area contributed by atoms with Crippen molar-refractivity contribution in [2.24, 2.45) is 0 Å². The van der Waals surface area contributed by atoms with Crippen LogP contribution in [0.3, 0.4) is 0 Å². The van der Waals surface area contributed by atoms with Crippen LogP contribution in [0.5, 0.6) is 0 Å². The molecule has 0 spiro atoms. The fourth-order valence-corrected chi connectivity index (χ4v) is 5.42. The Morgan fingerprint density at radius 3 is 2.42 bits per heavy atom. The number of amides is 1. The first-order chi connectivity index (χ1) is 15.8. The van der Waals surface area contributed by atoms with Crippen LogP contribution in [0.4, 0.5) is 11.4 Å². The van der Waals surface area contributed by atoms with Crippen molar-refractivity contribution >= 4 is 27.3 Å². The Kier molecular flexibility index (Phi) is 7.98. The first-order valence-electron chi connectivity index (χ1n) is 11.0. The third-order valence-electron chi connectivity index (χ3n) is 5.81. The fourth-order valence-electron chi connectivity index (χ4n) is 3.94. The number of piperazine rings is 1. The van der Waals surface area contributed by atoms with E-state index in [0.29, 0.717) is 44.7 Å². The van der Waals surface area contributed by atoms with Crippen LogP contribution in [0, 0.1) is 10.1 Å². The molecule has 0 saturated carbocycles. The maximum Gasteiger partial charge on any atom is 0.293 e. The number of nitro benzene ring substituents is 1. The second-order valence-corrected chi connectivity index (χ2v) is 9.66. The predicted molar refractivity (Wildman–Crippen MR) is 125 cm³/mol. The Hall–Kier alpha value is -3.05. The fraction of sp³-hybridized carbons (Fsp3) is 0.455. The van der Waals surface area contributed by atoms with Gasteiger partial charge >= 0.3 is 0 Å². The van der Waals surface area contributed by atoms with E-state index in [-0.39, 0.29) is 29.6 Å². The minimum atomic E-state index is -3.80. The monoisotopic (exact) mass is 475 g/mol. The Labute approximate surface area is 194 Å². The highest BCUT2D eigenvalue weighted by atomic mass is 32.2. The number of nitrogens with zero attached hydrogens (tertiary/aromatic N) is 5. The number of sulfonamides is 1. The van der Waals surface area contributed by atoms with Crippen LogP contribution < -0.4 is 4.90 Å². The molecular weight excluding hydrogens is 446 g/mol. The van der Waals surface area contributed by atoms with Crippen molar-refractivity contribution in [3.8, 4) is 0 Å². The molecule has 1 amide bonds. The zero-order valence-electron chi connectivity index (χ0n) is 18.9. The van der Waals surface area contributed by atoms with Crippen molar-refractivity contribution in [3.63, 3.8) is 0 Å². The van der Waals surface area contributed by atoms with E-state index in [0.717, 1.165) is 11.6 Å². The van der Waals surface area contributed by atoms with Gasteiger partial charge in [-0.1, -0.05) is 19.9 Å². The van der Waals surface area contributed by atoms with Crippen LogP contribution in [0.1, 0.15) is 25.8 Å². The van der Waals surface area contributed by atoms with Gasteiger partial charge in [-0.25, -0.2) is 8.42 Å². The van der Waals surface area contributed by atoms with Gasteiger partial charge in [0, 0.05) is 64.1 Å². The maximum absolute atomic E-state index is 12.8. The van der Waals surface area contributed by atoms with Crippen molar-refractivity contribution in [1.29, 1.82) is 0 Å². The lowest BCUT2D eigenvalue weighted by atomic mass is 10.1. The van der Waals surface area contributed by atoms with E-state index in [1.807, 2.05) is 17.0 Å². The molecule has 1 saturated heterocycles. The summed E-state index contributed by atoms with van der Waals surface area (Å²) in [6.07, 6.45) is 4.42. The van der Waals surface area contributed by atoms with E-state index in [4.69, 9.17) is 0 Å². The minimum absolute atomic E-state index is 0.0358. The molecule has 0 atom stereocenters. The van der Waals surface area contributed by atoms with Gasteiger partial charge in [0.2, 0.25) is 15.9 Å². The topological polar surface area (TPSA) is 117 Å². The molecule has 11 heteroatoms. The van der Waals surface area contributed by atoms with Gasteiger partial charge in [0.25, 0.3) is 5.69 Å². The highest BCUT2D eigenvalue weighted by molar-refractivity contribution is 7.89. The van der Waals surface area contributed by atoms with E-state index >= 15 is 0 Å². The standard InChI is InChI=1S/C22H29N5O5S/c1-3-26(4-2)33(31,32)19-8-9-20(21(16-19)27(29)30)24-12-14-25(15-13-24)22(28)10-7-18-6-5-11-23-17-18/h5-6,8-9,11,16-17H,3-4,7,10,12-15H2,1-2H3. The zero-order valence-corrected chi connectivity index (χ0v) is 19.7. The Morgan fingerprint density at radius 2 is 1.85 bits per heavy atom. The van der Waals surface area contributed by atoms with Gasteiger partial charge in [-0.2, -0.15) is 4.31 Å². The van der Waals surface area contributed by atoms with Crippen molar-refractivity contribution in [2.45, 2.75) is 31.6 Å². The Morgan fingerprint density at radius 1 is 1.15 bits per heavy atom. The molecule has 1 aliphatic heterocycles. The molecule has 10 nitrogen and oxygen atoms in total. The van der Waals surface area contributed by atoms with Gasteiger partial charge in [-0.05, 0) is 30.2 Å². The highest BCUT2D eigenvalue weighted by Crippen LogP contribution is 2.32. The summed E-state index contributed by atoms with van der Waals surface area (Å²) in [5.74, 6) is 0.0358. The molecule has 0 N–H and O–H groups in total. The number of carbonyl (C=O) groups is 1. The molecule has 0 radical (unpaired) electrons. The molecule has 0 unspecified atom stereocenters. The Bertz CT molecular complexity index is 1080. The number of hydrogen-bond acceptors (Lipinski definition) is 7. The van der Waals surface area contributed by atoms with Crippen molar-refractivity contribution in [3.05, 3.63) is 58.4 Å². The van der Waals surface area contributed by atoms with Crippen LogP contribution in [-0.2, 0) is 21.2 Å². The molecule has 2 aromatic rings. The molecule has 2 heterocycles. The summed E-state index contributed by atoms with van der Waals surface area (Å²) in [6.45, 7) is 5.77. The van der Waals surface area contributed by atoms with Crippen molar-refractivity contribution < 1.29 is 18.1 Å². The summed E-state index contributed by atoms with van der Waals surface area (Å²) in [5.41, 5.74) is 1.11. The average Bonchev–Trinajstić information content (AvgIpc) is 2.83. The van der Waals surface area contributed by atoms with Crippen LogP contribution in [0.25, 0.3) is 0 Å². The van der Waals surface area contributed by atoms with Crippen molar-refractivity contribution in [1.82, 2.24) is 14.2 Å². The van der Waals surface area contributed by atoms with Gasteiger partial charge in [0.05, 0.1) is 9.82 Å². The third kappa shape index (κ3) is 5.66. The largest absolute Gasteiger partial charge is 0.362 e. The summed E-state index contributed by atoms with van der Waals surface area (Å²) in [6, 6.07) is 7.82. The molecule has 178 valence electrons. The Balaban J connectivity index is 1.69. The number of pyridine rings is 1. The summed E-state index contributed by atoms with van der Waals surface area (Å²) in [5, 5.41) is 11.7. The number of aryl methyl sites for hydroxylation is 1. The molecule has 1 aromatic carbocycles. The number of nitro groups is 1. The lowest BCUT2D eigenvalue weighted by Gasteiger charge is -2.36. The molecule has 33 heavy (non-hydrogen) atoms. The number of rotatable bonds is 9. The molecule has 0 aliphatic carbocycles. The zero-order chi connectivity index (χ0) is 24.0. The van der Waals surface area contributed by atoms with E-state index in [1.54, 1.807) is 31.1 Å². The summed E-state index contributed by atoms with van der Waals surface area (Å²) in [4.78, 5) is 31.3. The molecule has 1 aliphatic rings. The summed E-state index contributed by atoms with van der Waals surface area (Å²) < 4.78 is 26.8. The molecule has 3 rings (SSSR count). The minimum Gasteiger partial charge on any atom is -0.362 e. The number of hydrogen-bond donors (Lipinski definition) is 0. The van der Waals surface area contributed by atoms with E-state index in [2.05, 4.69) is 4.98 Å². The smallest absolute Gasteiger partial charge is 0.293 e. The van der Waals surface area contributed by atoms with Crippen LogP contribution in [0.2, 0.25) is 0 Å². The second kappa shape index (κ2) is 10.7. The molecule has 1 aromatic heterocycles. The van der Waals surface area contributed by atoms with Crippen LogP contribution in [-0.4, -0.2) is 72.7 Å². The van der Waals surface area contributed by atoms with Gasteiger partial charge < -0.3 is 9.80 Å². The number of carbonyl (C=O) groups excluding carboxylic acids is 1. The average molecular weight is 476 g/mol. The predicted octanol–water partition coefficient (Wildman–Crippen LogP) is 2.30. The van der Waals surface area contributed by atoms with E-state index in [1.165, 1.54) is 16.4 Å². The van der Waals surface area contributed by atoms with Crippen LogP contribution in [0.15, 0.2) is 47.6 Å². The molecule has 1 fully saturated rings. The summed E-state index contributed by atoms with van der Waals surface area (Å²) in [7, 11) is -3.80. The highest BCUT2D eigenvalue weighted by Gasteiger charge is 2.29. The quantitative estimate of drug-likeness (QED) is 0.403. The second-order valence-electron chi connectivity index (χ2n) is 7.73. The van der Waals surface area contributed by atoms with Gasteiger partial charge in [0.1, 0.15) is 5.69 Å².